The maximum Gasteiger partial charge on any atom is 0.335 e. The molecule has 0 spiro atoms. The van der Waals surface area contributed by atoms with Gasteiger partial charge in [0, 0.05) is 11.0 Å². The molecule has 1 heterocycles. The molecule has 0 aromatic heterocycles. The van der Waals surface area contributed by atoms with Gasteiger partial charge in [-0.1, -0.05) is 42.3 Å². The van der Waals surface area contributed by atoms with Crippen LogP contribution in [0.15, 0.2) is 22.7 Å². The Kier molecular flexibility index (Phi) is 4.86. The average molecular weight is 340 g/mol. The fourth-order valence-corrected chi connectivity index (χ4v) is 3.16. The summed E-state index contributed by atoms with van der Waals surface area (Å²) in [6, 6.07) is 5.29. The molecule has 1 aromatic rings. The summed E-state index contributed by atoms with van der Waals surface area (Å²) >= 11 is 3.49. The number of likely N-dealkylation sites (tertiary alicyclic amines) is 1. The van der Waals surface area contributed by atoms with Gasteiger partial charge in [0.25, 0.3) is 0 Å². The SMILES string of the molecule is CCC1(C)CCN(Cc2ccc(C(=O)O)cc2Br)CC1. The highest BCUT2D eigenvalue weighted by atomic mass is 79.9. The van der Waals surface area contributed by atoms with E-state index in [1.165, 1.54) is 19.3 Å². The van der Waals surface area contributed by atoms with Crippen LogP contribution in [0.25, 0.3) is 0 Å². The zero-order valence-electron chi connectivity index (χ0n) is 12.2. The Bertz CT molecular complexity index is 493. The Morgan fingerprint density at radius 1 is 1.40 bits per heavy atom. The summed E-state index contributed by atoms with van der Waals surface area (Å²) in [5.41, 5.74) is 1.99. The molecule has 0 unspecified atom stereocenters. The van der Waals surface area contributed by atoms with Crippen molar-refractivity contribution in [2.24, 2.45) is 5.41 Å². The summed E-state index contributed by atoms with van der Waals surface area (Å²) in [6.45, 7) is 7.79. The van der Waals surface area contributed by atoms with Crippen LogP contribution >= 0.6 is 15.9 Å². The van der Waals surface area contributed by atoms with Crippen LogP contribution in [0.2, 0.25) is 0 Å². The number of carboxylic acids is 1. The molecule has 1 aromatic carbocycles. The van der Waals surface area contributed by atoms with Gasteiger partial charge in [-0.05, 0) is 49.0 Å². The van der Waals surface area contributed by atoms with Crippen molar-refractivity contribution in [2.75, 3.05) is 13.1 Å². The molecular weight excluding hydrogens is 318 g/mol. The molecule has 1 fully saturated rings. The monoisotopic (exact) mass is 339 g/mol. The Balaban J connectivity index is 2.00. The van der Waals surface area contributed by atoms with Crippen LogP contribution in [0.3, 0.4) is 0 Å². The van der Waals surface area contributed by atoms with E-state index in [2.05, 4.69) is 34.7 Å². The zero-order chi connectivity index (χ0) is 14.8. The molecule has 20 heavy (non-hydrogen) atoms. The molecule has 0 amide bonds. The molecule has 2 rings (SSSR count). The Hall–Kier alpha value is -0.870. The largest absolute Gasteiger partial charge is 0.478 e. The molecule has 0 atom stereocenters. The Morgan fingerprint density at radius 2 is 2.05 bits per heavy atom. The van der Waals surface area contributed by atoms with E-state index >= 15 is 0 Å². The molecular formula is C16H22BrNO2. The second kappa shape index (κ2) is 6.27. The topological polar surface area (TPSA) is 40.5 Å². The third kappa shape index (κ3) is 3.61. The van der Waals surface area contributed by atoms with Gasteiger partial charge in [0.2, 0.25) is 0 Å². The van der Waals surface area contributed by atoms with E-state index in [-0.39, 0.29) is 0 Å². The normalized spacial score (nSPS) is 18.9. The van der Waals surface area contributed by atoms with Crippen LogP contribution in [0.1, 0.15) is 49.0 Å². The highest BCUT2D eigenvalue weighted by Gasteiger charge is 2.28. The van der Waals surface area contributed by atoms with Crippen LogP contribution in [0.5, 0.6) is 0 Å². The third-order valence-electron chi connectivity index (χ3n) is 4.61. The lowest BCUT2D eigenvalue weighted by Crippen LogP contribution is -2.37. The average Bonchev–Trinajstić information content (AvgIpc) is 2.43. The number of rotatable bonds is 4. The first-order chi connectivity index (χ1) is 9.43. The lowest BCUT2D eigenvalue weighted by molar-refractivity contribution is 0.0696. The minimum Gasteiger partial charge on any atom is -0.478 e. The minimum atomic E-state index is -0.881. The molecule has 4 heteroatoms. The van der Waals surface area contributed by atoms with Crippen molar-refractivity contribution in [2.45, 2.75) is 39.7 Å². The van der Waals surface area contributed by atoms with Gasteiger partial charge >= 0.3 is 5.97 Å². The molecule has 110 valence electrons. The Labute approximate surface area is 129 Å². The molecule has 1 saturated heterocycles. The van der Waals surface area contributed by atoms with Gasteiger partial charge in [-0.2, -0.15) is 0 Å². The summed E-state index contributed by atoms with van der Waals surface area (Å²) in [5.74, 6) is -0.881. The minimum absolute atomic E-state index is 0.331. The highest BCUT2D eigenvalue weighted by molar-refractivity contribution is 9.10. The number of carboxylic acid groups (broad SMARTS) is 1. The lowest BCUT2D eigenvalue weighted by Gasteiger charge is -2.39. The first kappa shape index (κ1) is 15.5. The van der Waals surface area contributed by atoms with E-state index in [0.29, 0.717) is 11.0 Å². The smallest absolute Gasteiger partial charge is 0.335 e. The summed E-state index contributed by atoms with van der Waals surface area (Å²) in [4.78, 5) is 13.4. The second-order valence-electron chi connectivity index (χ2n) is 6.05. The molecule has 0 saturated carbocycles. The number of aromatic carboxylic acids is 1. The number of carbonyl (C=O) groups is 1. The van der Waals surface area contributed by atoms with Gasteiger partial charge in [0.05, 0.1) is 5.56 Å². The van der Waals surface area contributed by atoms with Crippen LogP contribution in [0.4, 0.5) is 0 Å². The van der Waals surface area contributed by atoms with E-state index in [0.717, 1.165) is 29.7 Å². The maximum atomic E-state index is 10.9. The first-order valence-corrected chi connectivity index (χ1v) is 7.97. The van der Waals surface area contributed by atoms with Crippen molar-refractivity contribution in [3.63, 3.8) is 0 Å². The van der Waals surface area contributed by atoms with Crippen molar-refractivity contribution in [1.29, 1.82) is 0 Å². The van der Waals surface area contributed by atoms with Gasteiger partial charge < -0.3 is 5.11 Å². The molecule has 0 radical (unpaired) electrons. The Morgan fingerprint density at radius 3 is 2.55 bits per heavy atom. The molecule has 0 bridgehead atoms. The van der Waals surface area contributed by atoms with Crippen LogP contribution in [-0.2, 0) is 6.54 Å². The molecule has 1 N–H and O–H groups in total. The number of benzene rings is 1. The molecule has 1 aliphatic rings. The highest BCUT2D eigenvalue weighted by Crippen LogP contribution is 2.34. The van der Waals surface area contributed by atoms with Gasteiger partial charge in [-0.15, -0.1) is 0 Å². The second-order valence-corrected chi connectivity index (χ2v) is 6.91. The molecule has 3 nitrogen and oxygen atoms in total. The molecule has 0 aliphatic carbocycles. The quantitative estimate of drug-likeness (QED) is 0.895. The fraction of sp³-hybridized carbons (Fsp3) is 0.562. The number of hydrogen-bond donors (Lipinski definition) is 1. The van der Waals surface area contributed by atoms with Crippen molar-refractivity contribution < 1.29 is 9.90 Å². The third-order valence-corrected chi connectivity index (χ3v) is 5.35. The molecule has 1 aliphatic heterocycles. The number of piperidine rings is 1. The van der Waals surface area contributed by atoms with Crippen molar-refractivity contribution in [1.82, 2.24) is 4.90 Å². The van der Waals surface area contributed by atoms with E-state index in [1.54, 1.807) is 12.1 Å². The lowest BCUT2D eigenvalue weighted by atomic mass is 9.78. The summed E-state index contributed by atoms with van der Waals surface area (Å²) in [5, 5.41) is 8.98. The fourth-order valence-electron chi connectivity index (χ4n) is 2.65. The maximum absolute atomic E-state index is 10.9. The first-order valence-electron chi connectivity index (χ1n) is 7.17. The zero-order valence-corrected chi connectivity index (χ0v) is 13.7. The number of halogens is 1. The summed E-state index contributed by atoms with van der Waals surface area (Å²) in [6.07, 6.45) is 3.74. The standard InChI is InChI=1S/C16H22BrNO2/c1-3-16(2)6-8-18(9-7-16)11-13-5-4-12(15(19)20)10-14(13)17/h4-5,10H,3,6-9,11H2,1-2H3,(H,19,20). The number of nitrogens with zero attached hydrogens (tertiary/aromatic N) is 1. The van der Waals surface area contributed by atoms with Crippen LogP contribution in [-0.4, -0.2) is 29.1 Å². The van der Waals surface area contributed by atoms with E-state index < -0.39 is 5.97 Å². The van der Waals surface area contributed by atoms with E-state index in [1.807, 2.05) is 6.07 Å². The van der Waals surface area contributed by atoms with E-state index in [4.69, 9.17) is 5.11 Å². The van der Waals surface area contributed by atoms with Gasteiger partial charge in [0.15, 0.2) is 0 Å². The van der Waals surface area contributed by atoms with E-state index in [9.17, 15) is 4.79 Å². The van der Waals surface area contributed by atoms with Crippen molar-refractivity contribution in [3.8, 4) is 0 Å². The summed E-state index contributed by atoms with van der Waals surface area (Å²) in [7, 11) is 0. The predicted molar refractivity (Wildman–Crippen MR) is 84.0 cm³/mol. The van der Waals surface area contributed by atoms with Crippen molar-refractivity contribution >= 4 is 21.9 Å². The van der Waals surface area contributed by atoms with Crippen LogP contribution in [0, 0.1) is 5.41 Å². The van der Waals surface area contributed by atoms with Gasteiger partial charge in [0.1, 0.15) is 0 Å². The van der Waals surface area contributed by atoms with Crippen LogP contribution < -0.4 is 0 Å². The number of hydrogen-bond acceptors (Lipinski definition) is 2. The van der Waals surface area contributed by atoms with Crippen molar-refractivity contribution in [3.05, 3.63) is 33.8 Å². The summed E-state index contributed by atoms with van der Waals surface area (Å²) < 4.78 is 0.890. The predicted octanol–water partition coefficient (Wildman–Crippen LogP) is 4.16. The van der Waals surface area contributed by atoms with Gasteiger partial charge in [-0.3, -0.25) is 4.90 Å². The van der Waals surface area contributed by atoms with Gasteiger partial charge in [-0.25, -0.2) is 4.79 Å².